The van der Waals surface area contributed by atoms with Crippen molar-refractivity contribution in [2.75, 3.05) is 19.0 Å². The summed E-state index contributed by atoms with van der Waals surface area (Å²) in [7, 11) is 1.47. The molecule has 0 atom stereocenters. The molecule has 18 heavy (non-hydrogen) atoms. The number of rotatable bonds is 4. The third kappa shape index (κ3) is 3.78. The number of carbonyl (C=O) groups is 1. The van der Waals surface area contributed by atoms with E-state index in [0.29, 0.717) is 16.5 Å². The molecule has 2 amide bonds. The van der Waals surface area contributed by atoms with E-state index >= 15 is 0 Å². The van der Waals surface area contributed by atoms with Crippen molar-refractivity contribution < 1.29 is 14.6 Å². The van der Waals surface area contributed by atoms with Crippen LogP contribution in [0.2, 0.25) is 5.02 Å². The van der Waals surface area contributed by atoms with Crippen molar-refractivity contribution in [1.82, 2.24) is 5.32 Å². The van der Waals surface area contributed by atoms with Gasteiger partial charge in [-0.1, -0.05) is 17.7 Å². The molecule has 0 saturated carbocycles. The summed E-state index contributed by atoms with van der Waals surface area (Å²) in [6.07, 6.45) is 0. The summed E-state index contributed by atoms with van der Waals surface area (Å²) < 4.78 is 5.11. The van der Waals surface area contributed by atoms with E-state index < -0.39 is 11.6 Å². The molecule has 0 aliphatic carbocycles. The first-order chi connectivity index (χ1) is 8.39. The van der Waals surface area contributed by atoms with Gasteiger partial charge >= 0.3 is 6.03 Å². The predicted octanol–water partition coefficient (Wildman–Crippen LogP) is 2.24. The Morgan fingerprint density at radius 1 is 1.50 bits per heavy atom. The number of amides is 2. The first kappa shape index (κ1) is 14.6. The van der Waals surface area contributed by atoms with Crippen LogP contribution in [0.15, 0.2) is 18.2 Å². The van der Waals surface area contributed by atoms with Crippen molar-refractivity contribution in [1.29, 1.82) is 0 Å². The standard InChI is InChI=1S/C12H17ClN2O3/c1-12(2,7-16)15-11(17)14-9-6-4-5-8(13)10(9)18-3/h4-6,16H,7H2,1-3H3,(H2,14,15,17). The molecule has 1 aromatic rings. The normalized spacial score (nSPS) is 10.9. The largest absolute Gasteiger partial charge is 0.493 e. The maximum absolute atomic E-state index is 11.7. The minimum atomic E-state index is -0.699. The van der Waals surface area contributed by atoms with Gasteiger partial charge in [0.25, 0.3) is 0 Å². The highest BCUT2D eigenvalue weighted by molar-refractivity contribution is 6.32. The van der Waals surface area contributed by atoms with Crippen molar-refractivity contribution in [3.8, 4) is 5.75 Å². The number of carbonyl (C=O) groups excluding carboxylic acids is 1. The number of ether oxygens (including phenoxy) is 1. The average molecular weight is 273 g/mol. The fraction of sp³-hybridized carbons (Fsp3) is 0.417. The summed E-state index contributed by atoms with van der Waals surface area (Å²) >= 11 is 5.94. The van der Waals surface area contributed by atoms with Gasteiger partial charge in [0, 0.05) is 0 Å². The quantitative estimate of drug-likeness (QED) is 0.787. The summed E-state index contributed by atoms with van der Waals surface area (Å²) in [5, 5.41) is 14.7. The Hall–Kier alpha value is -1.46. The molecule has 5 nitrogen and oxygen atoms in total. The molecule has 1 aromatic carbocycles. The summed E-state index contributed by atoms with van der Waals surface area (Å²) in [6, 6.07) is 4.62. The highest BCUT2D eigenvalue weighted by Gasteiger charge is 2.20. The number of para-hydroxylation sites is 1. The van der Waals surface area contributed by atoms with E-state index in [1.807, 2.05) is 0 Å². The Bertz CT molecular complexity index is 435. The van der Waals surface area contributed by atoms with E-state index in [-0.39, 0.29) is 6.61 Å². The molecule has 6 heteroatoms. The van der Waals surface area contributed by atoms with Gasteiger partial charge in [-0.05, 0) is 26.0 Å². The lowest BCUT2D eigenvalue weighted by molar-refractivity contribution is 0.187. The Balaban J connectivity index is 2.79. The molecule has 0 aliphatic heterocycles. The van der Waals surface area contributed by atoms with E-state index in [4.69, 9.17) is 21.4 Å². The van der Waals surface area contributed by atoms with E-state index in [0.717, 1.165) is 0 Å². The zero-order valence-corrected chi connectivity index (χ0v) is 11.3. The van der Waals surface area contributed by atoms with Gasteiger partial charge in [0.15, 0.2) is 5.75 Å². The van der Waals surface area contributed by atoms with Crippen molar-refractivity contribution in [3.05, 3.63) is 23.2 Å². The molecule has 0 bridgehead atoms. The molecule has 0 radical (unpaired) electrons. The maximum atomic E-state index is 11.7. The highest BCUT2D eigenvalue weighted by Crippen LogP contribution is 2.32. The topological polar surface area (TPSA) is 70.6 Å². The Kier molecular flexibility index (Phi) is 4.81. The van der Waals surface area contributed by atoms with E-state index in [1.54, 1.807) is 32.0 Å². The van der Waals surface area contributed by atoms with Crippen LogP contribution in [0.25, 0.3) is 0 Å². The van der Waals surface area contributed by atoms with Gasteiger partial charge < -0.3 is 20.5 Å². The zero-order valence-electron chi connectivity index (χ0n) is 10.6. The lowest BCUT2D eigenvalue weighted by Crippen LogP contribution is -2.48. The Morgan fingerprint density at radius 3 is 2.72 bits per heavy atom. The van der Waals surface area contributed by atoms with Gasteiger partial charge in [0.05, 0.1) is 30.0 Å². The van der Waals surface area contributed by atoms with Gasteiger partial charge in [-0.2, -0.15) is 0 Å². The Morgan fingerprint density at radius 2 is 2.17 bits per heavy atom. The van der Waals surface area contributed by atoms with E-state index in [2.05, 4.69) is 10.6 Å². The average Bonchev–Trinajstić information content (AvgIpc) is 2.28. The molecule has 0 spiro atoms. The second-order valence-corrected chi connectivity index (χ2v) is 4.85. The van der Waals surface area contributed by atoms with Crippen LogP contribution in [0, 0.1) is 0 Å². The molecular formula is C12H17ClN2O3. The number of anilines is 1. The van der Waals surface area contributed by atoms with Crippen LogP contribution >= 0.6 is 11.6 Å². The second kappa shape index (κ2) is 5.93. The van der Waals surface area contributed by atoms with Crippen LogP contribution in [0.4, 0.5) is 10.5 Å². The lowest BCUT2D eigenvalue weighted by atomic mass is 10.1. The zero-order chi connectivity index (χ0) is 13.8. The summed E-state index contributed by atoms with van der Waals surface area (Å²) in [6.45, 7) is 3.26. The van der Waals surface area contributed by atoms with Crippen LogP contribution in [-0.4, -0.2) is 30.4 Å². The Labute approximate surface area is 111 Å². The van der Waals surface area contributed by atoms with Gasteiger partial charge in [0.2, 0.25) is 0 Å². The molecule has 0 unspecified atom stereocenters. The van der Waals surface area contributed by atoms with Crippen molar-refractivity contribution in [2.24, 2.45) is 0 Å². The number of methoxy groups -OCH3 is 1. The third-order valence-electron chi connectivity index (χ3n) is 2.27. The molecule has 1 rings (SSSR count). The van der Waals surface area contributed by atoms with Crippen LogP contribution in [-0.2, 0) is 0 Å². The predicted molar refractivity (Wildman–Crippen MR) is 71.3 cm³/mol. The van der Waals surface area contributed by atoms with Gasteiger partial charge in [0.1, 0.15) is 0 Å². The highest BCUT2D eigenvalue weighted by atomic mass is 35.5. The molecule has 0 saturated heterocycles. The van der Waals surface area contributed by atoms with Crippen LogP contribution < -0.4 is 15.4 Å². The van der Waals surface area contributed by atoms with Crippen molar-refractivity contribution >= 4 is 23.3 Å². The van der Waals surface area contributed by atoms with Gasteiger partial charge in [-0.15, -0.1) is 0 Å². The minimum absolute atomic E-state index is 0.160. The molecule has 3 N–H and O–H groups in total. The van der Waals surface area contributed by atoms with Gasteiger partial charge in [-0.3, -0.25) is 0 Å². The maximum Gasteiger partial charge on any atom is 0.319 e. The van der Waals surface area contributed by atoms with E-state index in [9.17, 15) is 4.79 Å². The monoisotopic (exact) mass is 272 g/mol. The number of aliphatic hydroxyl groups excluding tert-OH is 1. The number of hydrogen-bond donors (Lipinski definition) is 3. The summed E-state index contributed by atoms with van der Waals surface area (Å²) in [5.74, 6) is 0.399. The molecular weight excluding hydrogens is 256 g/mol. The summed E-state index contributed by atoms with van der Waals surface area (Å²) in [4.78, 5) is 11.7. The van der Waals surface area contributed by atoms with Crippen LogP contribution in [0.1, 0.15) is 13.8 Å². The third-order valence-corrected chi connectivity index (χ3v) is 2.56. The first-order valence-electron chi connectivity index (χ1n) is 5.42. The number of hydrogen-bond acceptors (Lipinski definition) is 3. The lowest BCUT2D eigenvalue weighted by Gasteiger charge is -2.24. The number of halogens is 1. The number of aliphatic hydroxyl groups is 1. The molecule has 100 valence electrons. The molecule has 0 aromatic heterocycles. The molecule has 0 fully saturated rings. The minimum Gasteiger partial charge on any atom is -0.493 e. The number of nitrogens with one attached hydrogen (secondary N) is 2. The SMILES string of the molecule is COc1c(Cl)cccc1NC(=O)NC(C)(C)CO. The number of benzene rings is 1. The van der Waals surface area contributed by atoms with Crippen LogP contribution in [0.5, 0.6) is 5.75 Å². The molecule has 0 heterocycles. The fourth-order valence-electron chi connectivity index (χ4n) is 1.32. The van der Waals surface area contributed by atoms with Crippen molar-refractivity contribution in [2.45, 2.75) is 19.4 Å². The van der Waals surface area contributed by atoms with Crippen LogP contribution in [0.3, 0.4) is 0 Å². The molecule has 0 aliphatic rings. The summed E-state index contributed by atoms with van der Waals surface area (Å²) in [5.41, 5.74) is -0.230. The van der Waals surface area contributed by atoms with Crippen molar-refractivity contribution in [3.63, 3.8) is 0 Å². The van der Waals surface area contributed by atoms with E-state index in [1.165, 1.54) is 7.11 Å². The first-order valence-corrected chi connectivity index (χ1v) is 5.80. The fourth-order valence-corrected chi connectivity index (χ4v) is 1.57. The number of urea groups is 1. The smallest absolute Gasteiger partial charge is 0.319 e. The second-order valence-electron chi connectivity index (χ2n) is 4.44. The van der Waals surface area contributed by atoms with Gasteiger partial charge in [-0.25, -0.2) is 4.79 Å².